The Morgan fingerprint density at radius 3 is 2.65 bits per heavy atom. The van der Waals surface area contributed by atoms with Crippen LogP contribution in [0.15, 0.2) is 46.6 Å². The number of aromatic nitrogens is 4. The van der Waals surface area contributed by atoms with E-state index in [0.29, 0.717) is 6.67 Å². The zero-order chi connectivity index (χ0) is 16.2. The molecule has 3 rings (SSSR count). The van der Waals surface area contributed by atoms with Crippen LogP contribution in [0.4, 0.5) is 0 Å². The molecule has 1 N–H and O–H groups in total. The smallest absolute Gasteiger partial charge is 0.374 e. The van der Waals surface area contributed by atoms with Crippen molar-refractivity contribution in [3.63, 3.8) is 0 Å². The molecule has 0 saturated carbocycles. The second kappa shape index (κ2) is 6.76. The highest BCUT2D eigenvalue weighted by molar-refractivity contribution is 7.12. The van der Waals surface area contributed by atoms with E-state index in [1.54, 1.807) is 7.11 Å². The Morgan fingerprint density at radius 2 is 2.00 bits per heavy atom. The van der Waals surface area contributed by atoms with Crippen molar-refractivity contribution in [2.45, 2.75) is 13.2 Å². The Balaban J connectivity index is 1.68. The lowest BCUT2D eigenvalue weighted by molar-refractivity contribution is -0.917. The highest BCUT2D eigenvalue weighted by Crippen LogP contribution is 2.11. The van der Waals surface area contributed by atoms with E-state index in [0.717, 1.165) is 22.2 Å². The summed E-state index contributed by atoms with van der Waals surface area (Å²) in [6.45, 7) is 1.23. The number of hydrogen-bond acceptors (Lipinski definition) is 5. The molecule has 0 fully saturated rings. The molecule has 0 aliphatic carbocycles. The van der Waals surface area contributed by atoms with Crippen LogP contribution in [0.1, 0.15) is 5.56 Å². The fourth-order valence-electron chi connectivity index (χ4n) is 2.31. The molecule has 8 heteroatoms. The Morgan fingerprint density at radius 1 is 1.22 bits per heavy atom. The lowest BCUT2D eigenvalue weighted by atomic mass is 10.2. The van der Waals surface area contributed by atoms with Crippen LogP contribution in [-0.4, -0.2) is 33.9 Å². The van der Waals surface area contributed by atoms with Crippen molar-refractivity contribution in [3.05, 3.63) is 57.8 Å². The summed E-state index contributed by atoms with van der Waals surface area (Å²) < 4.78 is 7.86. The molecule has 0 aliphatic heterocycles. The van der Waals surface area contributed by atoms with Gasteiger partial charge >= 0.3 is 5.69 Å². The predicted octanol–water partition coefficient (Wildman–Crippen LogP) is 0.171. The summed E-state index contributed by atoms with van der Waals surface area (Å²) in [5, 5.41) is 10.6. The third kappa shape index (κ3) is 3.49. The van der Waals surface area contributed by atoms with Gasteiger partial charge in [0.15, 0.2) is 6.67 Å². The monoisotopic (exact) mass is 332 g/mol. The summed E-state index contributed by atoms with van der Waals surface area (Å²) in [6.07, 6.45) is 0. The molecule has 0 spiro atoms. The quantitative estimate of drug-likeness (QED) is 0.699. The van der Waals surface area contributed by atoms with E-state index in [-0.39, 0.29) is 5.69 Å². The maximum Gasteiger partial charge on any atom is 0.374 e. The third-order valence-corrected chi connectivity index (χ3v) is 4.28. The first kappa shape index (κ1) is 15.4. The summed E-state index contributed by atoms with van der Waals surface area (Å²) in [4.78, 5) is 13.5. The largest absolute Gasteiger partial charge is 0.497 e. The van der Waals surface area contributed by atoms with Gasteiger partial charge in [-0.15, -0.1) is 20.7 Å². The lowest BCUT2D eigenvalue weighted by Crippen LogP contribution is -3.07. The van der Waals surface area contributed by atoms with Crippen LogP contribution in [0.25, 0.3) is 5.00 Å². The third-order valence-electron chi connectivity index (χ3n) is 3.44. The SMILES string of the molecule is COc1ccc(C[NH+](C)Cn2nnn(-c3cccs3)c2=O)cc1. The van der Waals surface area contributed by atoms with E-state index < -0.39 is 0 Å². The Hall–Kier alpha value is -2.45. The summed E-state index contributed by atoms with van der Waals surface area (Å²) in [6, 6.07) is 11.6. The number of quaternary nitrogens is 1. The van der Waals surface area contributed by atoms with Crippen LogP contribution in [0.5, 0.6) is 5.75 Å². The second-order valence-corrected chi connectivity index (χ2v) is 6.19. The minimum atomic E-state index is -0.221. The average molecular weight is 332 g/mol. The number of hydrogen-bond donors (Lipinski definition) is 1. The molecule has 23 heavy (non-hydrogen) atoms. The van der Waals surface area contributed by atoms with Gasteiger partial charge in [0.1, 0.15) is 17.3 Å². The molecule has 1 unspecified atom stereocenters. The van der Waals surface area contributed by atoms with E-state index in [1.807, 2.05) is 48.8 Å². The summed E-state index contributed by atoms with van der Waals surface area (Å²) >= 11 is 1.46. The standard InChI is InChI=1S/C15H17N5O2S/c1-18(10-12-5-7-13(22-2)8-6-12)11-19-15(21)20(17-16-19)14-4-3-9-23-14/h3-9H,10-11H2,1-2H3/p+1. The van der Waals surface area contributed by atoms with Gasteiger partial charge < -0.3 is 9.64 Å². The number of methoxy groups -OCH3 is 1. The number of thiophene rings is 1. The number of tetrazole rings is 1. The van der Waals surface area contributed by atoms with Crippen LogP contribution >= 0.6 is 11.3 Å². The van der Waals surface area contributed by atoms with Gasteiger partial charge in [0.25, 0.3) is 0 Å². The van der Waals surface area contributed by atoms with Crippen molar-refractivity contribution in [1.29, 1.82) is 0 Å². The Kier molecular flexibility index (Phi) is 4.54. The van der Waals surface area contributed by atoms with Gasteiger partial charge in [0.2, 0.25) is 0 Å². The topological polar surface area (TPSA) is 66.4 Å². The van der Waals surface area contributed by atoms with Gasteiger partial charge in [-0.05, 0) is 52.2 Å². The van der Waals surface area contributed by atoms with Gasteiger partial charge in [-0.2, -0.15) is 0 Å². The highest BCUT2D eigenvalue weighted by atomic mass is 32.1. The predicted molar refractivity (Wildman–Crippen MR) is 87.1 cm³/mol. The van der Waals surface area contributed by atoms with Crippen molar-refractivity contribution in [3.8, 4) is 10.8 Å². The van der Waals surface area contributed by atoms with Crippen LogP contribution in [-0.2, 0) is 13.2 Å². The van der Waals surface area contributed by atoms with Gasteiger partial charge in [0, 0.05) is 5.56 Å². The minimum Gasteiger partial charge on any atom is -0.497 e. The van der Waals surface area contributed by atoms with Crippen molar-refractivity contribution in [2.24, 2.45) is 0 Å². The fourth-order valence-corrected chi connectivity index (χ4v) is 2.97. The molecular weight excluding hydrogens is 314 g/mol. The molecule has 1 atom stereocenters. The molecule has 0 bridgehead atoms. The van der Waals surface area contributed by atoms with E-state index in [4.69, 9.17) is 4.74 Å². The van der Waals surface area contributed by atoms with Crippen molar-refractivity contribution in [1.82, 2.24) is 19.8 Å². The number of ether oxygens (including phenoxy) is 1. The van der Waals surface area contributed by atoms with Crippen LogP contribution in [0, 0.1) is 0 Å². The van der Waals surface area contributed by atoms with Crippen LogP contribution in [0.3, 0.4) is 0 Å². The number of nitrogens with zero attached hydrogens (tertiary/aromatic N) is 4. The molecule has 0 radical (unpaired) electrons. The maximum absolute atomic E-state index is 12.3. The average Bonchev–Trinajstić information content (AvgIpc) is 3.19. The molecule has 0 aliphatic rings. The molecule has 3 aromatic rings. The molecule has 1 aromatic carbocycles. The molecular formula is C15H18N5O2S+. The zero-order valence-corrected chi connectivity index (χ0v) is 13.8. The first-order valence-electron chi connectivity index (χ1n) is 7.18. The van der Waals surface area contributed by atoms with Gasteiger partial charge in [-0.1, -0.05) is 0 Å². The molecule has 7 nitrogen and oxygen atoms in total. The van der Waals surface area contributed by atoms with Gasteiger partial charge in [-0.3, -0.25) is 0 Å². The van der Waals surface area contributed by atoms with Gasteiger partial charge in [-0.25, -0.2) is 4.79 Å². The summed E-state index contributed by atoms with van der Waals surface area (Å²) in [7, 11) is 3.66. The molecule has 0 saturated heterocycles. The van der Waals surface area contributed by atoms with Crippen LogP contribution < -0.4 is 15.3 Å². The zero-order valence-electron chi connectivity index (χ0n) is 13.0. The van der Waals surface area contributed by atoms with Crippen molar-refractivity contribution < 1.29 is 9.64 Å². The van der Waals surface area contributed by atoms with Gasteiger partial charge in [0.05, 0.1) is 14.2 Å². The molecule has 0 amide bonds. The Bertz CT molecular complexity index is 807. The number of rotatable bonds is 6. The number of benzene rings is 1. The summed E-state index contributed by atoms with van der Waals surface area (Å²) in [5.41, 5.74) is 0.948. The van der Waals surface area contributed by atoms with Crippen molar-refractivity contribution >= 4 is 11.3 Å². The molecule has 2 aromatic heterocycles. The van der Waals surface area contributed by atoms with E-state index in [9.17, 15) is 4.79 Å². The fraction of sp³-hybridized carbons (Fsp3) is 0.267. The second-order valence-electron chi connectivity index (χ2n) is 5.26. The van der Waals surface area contributed by atoms with Crippen LogP contribution in [0.2, 0.25) is 0 Å². The molecule has 2 heterocycles. The maximum atomic E-state index is 12.3. The minimum absolute atomic E-state index is 0.221. The Labute approximate surface area is 137 Å². The number of nitrogens with one attached hydrogen (secondary N) is 1. The summed E-state index contributed by atoms with van der Waals surface area (Å²) in [5.74, 6) is 0.835. The van der Waals surface area contributed by atoms with E-state index in [2.05, 4.69) is 10.4 Å². The highest BCUT2D eigenvalue weighted by Gasteiger charge is 2.13. The normalized spacial score (nSPS) is 12.3. The first-order chi connectivity index (χ1) is 11.2. The lowest BCUT2D eigenvalue weighted by Gasteiger charge is -2.13. The van der Waals surface area contributed by atoms with E-state index >= 15 is 0 Å². The first-order valence-corrected chi connectivity index (χ1v) is 8.06. The van der Waals surface area contributed by atoms with Crippen molar-refractivity contribution in [2.75, 3.05) is 14.2 Å². The molecule has 120 valence electrons. The van der Waals surface area contributed by atoms with E-state index in [1.165, 1.54) is 26.3 Å².